The molecular formula is C16H23N3O2. The van der Waals surface area contributed by atoms with Gasteiger partial charge >= 0.3 is 0 Å². The van der Waals surface area contributed by atoms with Crippen LogP contribution in [0.5, 0.6) is 0 Å². The Kier molecular flexibility index (Phi) is 4.96. The molecule has 0 saturated carbocycles. The summed E-state index contributed by atoms with van der Waals surface area (Å²) in [5.41, 5.74) is 1.20. The first-order valence-corrected chi connectivity index (χ1v) is 7.39. The molecule has 114 valence electrons. The SMILES string of the molecule is CNC(=O)Cc1ccc(NC(=O)C2(C)CCCCN2)cc1. The second-order valence-corrected chi connectivity index (χ2v) is 5.72. The van der Waals surface area contributed by atoms with Crippen molar-refractivity contribution in [1.29, 1.82) is 0 Å². The van der Waals surface area contributed by atoms with Crippen molar-refractivity contribution in [1.82, 2.24) is 10.6 Å². The normalized spacial score (nSPS) is 21.6. The third-order valence-electron chi connectivity index (χ3n) is 3.98. The number of hydrogen-bond donors (Lipinski definition) is 3. The molecule has 0 radical (unpaired) electrons. The Bertz CT molecular complexity index is 505. The average molecular weight is 289 g/mol. The van der Waals surface area contributed by atoms with Gasteiger partial charge in [-0.15, -0.1) is 0 Å². The van der Waals surface area contributed by atoms with E-state index in [1.165, 1.54) is 0 Å². The van der Waals surface area contributed by atoms with Crippen molar-refractivity contribution in [2.45, 2.75) is 38.1 Å². The fraction of sp³-hybridized carbons (Fsp3) is 0.500. The van der Waals surface area contributed by atoms with Crippen LogP contribution < -0.4 is 16.0 Å². The summed E-state index contributed by atoms with van der Waals surface area (Å²) >= 11 is 0. The van der Waals surface area contributed by atoms with Crippen molar-refractivity contribution >= 4 is 17.5 Å². The number of piperidine rings is 1. The van der Waals surface area contributed by atoms with Gasteiger partial charge in [0, 0.05) is 12.7 Å². The summed E-state index contributed by atoms with van der Waals surface area (Å²) < 4.78 is 0. The predicted octanol–water partition coefficient (Wildman–Crippen LogP) is 1.45. The molecule has 1 unspecified atom stereocenters. The van der Waals surface area contributed by atoms with Gasteiger partial charge in [0.1, 0.15) is 0 Å². The highest BCUT2D eigenvalue weighted by Crippen LogP contribution is 2.21. The maximum Gasteiger partial charge on any atom is 0.244 e. The van der Waals surface area contributed by atoms with Crippen LogP contribution >= 0.6 is 0 Å². The largest absolute Gasteiger partial charge is 0.359 e. The second-order valence-electron chi connectivity index (χ2n) is 5.72. The smallest absolute Gasteiger partial charge is 0.244 e. The van der Waals surface area contributed by atoms with Crippen LogP contribution in [0.4, 0.5) is 5.69 Å². The Morgan fingerprint density at radius 1 is 1.24 bits per heavy atom. The van der Waals surface area contributed by atoms with Crippen molar-refractivity contribution in [2.75, 3.05) is 18.9 Å². The van der Waals surface area contributed by atoms with E-state index in [-0.39, 0.29) is 11.8 Å². The van der Waals surface area contributed by atoms with Gasteiger partial charge in [0.2, 0.25) is 11.8 Å². The number of nitrogens with one attached hydrogen (secondary N) is 3. The minimum absolute atomic E-state index is 0.00116. The highest BCUT2D eigenvalue weighted by atomic mass is 16.2. The van der Waals surface area contributed by atoms with Crippen molar-refractivity contribution in [3.63, 3.8) is 0 Å². The van der Waals surface area contributed by atoms with Crippen LogP contribution in [0.15, 0.2) is 24.3 Å². The molecule has 1 aliphatic rings. The number of amides is 2. The van der Waals surface area contributed by atoms with Gasteiger partial charge < -0.3 is 16.0 Å². The maximum absolute atomic E-state index is 12.4. The van der Waals surface area contributed by atoms with E-state index in [0.717, 1.165) is 37.1 Å². The Morgan fingerprint density at radius 3 is 2.52 bits per heavy atom. The molecule has 0 aromatic heterocycles. The standard InChI is InChI=1S/C16H23N3O2/c1-16(9-3-4-10-18-16)15(21)19-13-7-5-12(6-8-13)11-14(20)17-2/h5-8,18H,3-4,9-11H2,1-2H3,(H,17,20)(H,19,21). The van der Waals surface area contributed by atoms with Gasteiger partial charge in [-0.25, -0.2) is 0 Å². The van der Waals surface area contributed by atoms with E-state index < -0.39 is 5.54 Å². The van der Waals surface area contributed by atoms with E-state index >= 15 is 0 Å². The molecule has 1 saturated heterocycles. The molecule has 0 aliphatic carbocycles. The lowest BCUT2D eigenvalue weighted by atomic mass is 9.90. The lowest BCUT2D eigenvalue weighted by molar-refractivity contribution is -0.122. The second kappa shape index (κ2) is 6.72. The van der Waals surface area contributed by atoms with E-state index in [1.807, 2.05) is 31.2 Å². The number of likely N-dealkylation sites (N-methyl/N-ethyl adjacent to an activating group) is 1. The van der Waals surface area contributed by atoms with E-state index in [9.17, 15) is 9.59 Å². The van der Waals surface area contributed by atoms with Gasteiger partial charge in [-0.1, -0.05) is 12.1 Å². The summed E-state index contributed by atoms with van der Waals surface area (Å²) in [6, 6.07) is 7.40. The zero-order chi connectivity index (χ0) is 15.3. The Hall–Kier alpha value is -1.88. The molecular weight excluding hydrogens is 266 g/mol. The van der Waals surface area contributed by atoms with Gasteiger partial charge in [-0.3, -0.25) is 9.59 Å². The van der Waals surface area contributed by atoms with Crippen LogP contribution in [0.3, 0.4) is 0 Å². The first kappa shape index (κ1) is 15.5. The number of hydrogen-bond acceptors (Lipinski definition) is 3. The number of benzene rings is 1. The van der Waals surface area contributed by atoms with Crippen LogP contribution in [0.1, 0.15) is 31.7 Å². The topological polar surface area (TPSA) is 70.2 Å². The van der Waals surface area contributed by atoms with E-state index in [4.69, 9.17) is 0 Å². The summed E-state index contributed by atoms with van der Waals surface area (Å²) in [5, 5.41) is 8.83. The van der Waals surface area contributed by atoms with E-state index in [1.54, 1.807) is 7.05 Å². The summed E-state index contributed by atoms with van der Waals surface area (Å²) in [7, 11) is 1.62. The number of anilines is 1. The minimum Gasteiger partial charge on any atom is -0.359 e. The third kappa shape index (κ3) is 4.04. The third-order valence-corrected chi connectivity index (χ3v) is 3.98. The molecule has 0 bridgehead atoms. The van der Waals surface area contributed by atoms with Crippen molar-refractivity contribution in [2.24, 2.45) is 0 Å². The predicted molar refractivity (Wildman–Crippen MR) is 83.1 cm³/mol. The van der Waals surface area contributed by atoms with Gasteiger partial charge in [-0.2, -0.15) is 0 Å². The highest BCUT2D eigenvalue weighted by molar-refractivity contribution is 5.97. The first-order chi connectivity index (χ1) is 10.0. The van der Waals surface area contributed by atoms with Crippen LogP contribution in [0.25, 0.3) is 0 Å². The van der Waals surface area contributed by atoms with Gasteiger partial charge in [0.25, 0.3) is 0 Å². The van der Waals surface area contributed by atoms with Crippen LogP contribution in [0, 0.1) is 0 Å². The molecule has 5 nitrogen and oxygen atoms in total. The number of carbonyl (C=O) groups is 2. The van der Waals surface area contributed by atoms with E-state index in [2.05, 4.69) is 16.0 Å². The Morgan fingerprint density at radius 2 is 1.95 bits per heavy atom. The summed E-state index contributed by atoms with van der Waals surface area (Å²) in [6.07, 6.45) is 3.40. The molecule has 1 atom stereocenters. The Labute approximate surface area is 125 Å². The number of rotatable bonds is 4. The molecule has 3 N–H and O–H groups in total. The molecule has 1 fully saturated rings. The van der Waals surface area contributed by atoms with E-state index in [0.29, 0.717) is 6.42 Å². The van der Waals surface area contributed by atoms with Crippen molar-refractivity contribution in [3.8, 4) is 0 Å². The average Bonchev–Trinajstić information content (AvgIpc) is 2.50. The molecule has 1 aromatic rings. The molecule has 2 rings (SSSR count). The van der Waals surface area contributed by atoms with Gasteiger partial charge in [-0.05, 0) is 50.4 Å². The molecule has 1 aromatic carbocycles. The Balaban J connectivity index is 1.96. The van der Waals surface area contributed by atoms with Crippen molar-refractivity contribution in [3.05, 3.63) is 29.8 Å². The monoisotopic (exact) mass is 289 g/mol. The quantitative estimate of drug-likeness (QED) is 0.785. The zero-order valence-electron chi connectivity index (χ0n) is 12.7. The lowest BCUT2D eigenvalue weighted by Gasteiger charge is -2.33. The summed E-state index contributed by atoms with van der Waals surface area (Å²) in [4.78, 5) is 23.7. The maximum atomic E-state index is 12.4. The fourth-order valence-corrected chi connectivity index (χ4v) is 2.50. The molecule has 5 heteroatoms. The zero-order valence-corrected chi connectivity index (χ0v) is 12.7. The number of carbonyl (C=O) groups excluding carboxylic acids is 2. The van der Waals surface area contributed by atoms with Gasteiger partial charge in [0.15, 0.2) is 0 Å². The van der Waals surface area contributed by atoms with Gasteiger partial charge in [0.05, 0.1) is 12.0 Å². The molecule has 1 aliphatic heterocycles. The minimum atomic E-state index is -0.487. The molecule has 2 amide bonds. The molecule has 1 heterocycles. The lowest BCUT2D eigenvalue weighted by Crippen LogP contribution is -2.54. The van der Waals surface area contributed by atoms with Crippen LogP contribution in [-0.4, -0.2) is 30.9 Å². The molecule has 21 heavy (non-hydrogen) atoms. The van der Waals surface area contributed by atoms with Crippen LogP contribution in [-0.2, 0) is 16.0 Å². The summed E-state index contributed by atoms with van der Waals surface area (Å²) in [5.74, 6) is -0.0213. The summed E-state index contributed by atoms with van der Waals surface area (Å²) in [6.45, 7) is 2.83. The molecule has 0 spiro atoms. The van der Waals surface area contributed by atoms with Crippen LogP contribution in [0.2, 0.25) is 0 Å². The first-order valence-electron chi connectivity index (χ1n) is 7.39. The highest BCUT2D eigenvalue weighted by Gasteiger charge is 2.34. The van der Waals surface area contributed by atoms with Crippen molar-refractivity contribution < 1.29 is 9.59 Å². The fourth-order valence-electron chi connectivity index (χ4n) is 2.50.